The van der Waals surface area contributed by atoms with Gasteiger partial charge in [-0.3, -0.25) is 9.59 Å². The van der Waals surface area contributed by atoms with Crippen molar-refractivity contribution in [3.63, 3.8) is 0 Å². The zero-order valence-corrected chi connectivity index (χ0v) is 12.1. The van der Waals surface area contributed by atoms with Gasteiger partial charge in [0.05, 0.1) is 20.8 Å². The smallest absolute Gasteiger partial charge is 0.259 e. The van der Waals surface area contributed by atoms with Gasteiger partial charge in [0, 0.05) is 6.04 Å². The molecule has 6 heteroatoms. The lowest BCUT2D eigenvalue weighted by atomic mass is 10.1. The molecule has 0 aromatic heterocycles. The van der Waals surface area contributed by atoms with E-state index < -0.39 is 5.91 Å². The van der Waals surface area contributed by atoms with E-state index in [-0.39, 0.29) is 24.1 Å². The summed E-state index contributed by atoms with van der Waals surface area (Å²) in [4.78, 5) is 23.7. The van der Waals surface area contributed by atoms with E-state index in [1.165, 1.54) is 14.2 Å². The Kier molecular flexibility index (Phi) is 5.83. The van der Waals surface area contributed by atoms with Crippen molar-refractivity contribution in [2.45, 2.75) is 19.9 Å². The molecule has 0 aliphatic rings. The molecule has 0 saturated carbocycles. The van der Waals surface area contributed by atoms with Crippen LogP contribution in [0.4, 0.5) is 0 Å². The summed E-state index contributed by atoms with van der Waals surface area (Å²) in [6.45, 7) is 3.60. The maximum atomic E-state index is 12.1. The summed E-state index contributed by atoms with van der Waals surface area (Å²) < 4.78 is 10.3. The highest BCUT2D eigenvalue weighted by Crippen LogP contribution is 2.27. The number of rotatable bonds is 6. The van der Waals surface area contributed by atoms with Crippen LogP contribution in [-0.2, 0) is 4.79 Å². The average molecular weight is 280 g/mol. The van der Waals surface area contributed by atoms with Gasteiger partial charge in [0.25, 0.3) is 5.91 Å². The molecular weight excluding hydrogens is 260 g/mol. The molecule has 0 saturated heterocycles. The van der Waals surface area contributed by atoms with Gasteiger partial charge in [-0.2, -0.15) is 0 Å². The van der Waals surface area contributed by atoms with E-state index in [4.69, 9.17) is 9.47 Å². The third-order valence-corrected chi connectivity index (χ3v) is 2.51. The summed E-state index contributed by atoms with van der Waals surface area (Å²) in [5, 5.41) is 5.23. The normalized spacial score (nSPS) is 10.1. The van der Waals surface area contributed by atoms with Gasteiger partial charge in [0.1, 0.15) is 17.1 Å². The Labute approximate surface area is 118 Å². The van der Waals surface area contributed by atoms with Gasteiger partial charge in [-0.05, 0) is 26.0 Å². The quantitative estimate of drug-likeness (QED) is 0.813. The predicted molar refractivity (Wildman–Crippen MR) is 75.2 cm³/mol. The molecule has 1 aromatic rings. The molecule has 1 rings (SSSR count). The van der Waals surface area contributed by atoms with Crippen LogP contribution in [0.15, 0.2) is 18.2 Å². The second-order valence-corrected chi connectivity index (χ2v) is 4.44. The number of hydrogen-bond donors (Lipinski definition) is 2. The summed E-state index contributed by atoms with van der Waals surface area (Å²) >= 11 is 0. The summed E-state index contributed by atoms with van der Waals surface area (Å²) in [5.74, 6) is 0.123. The number of hydrogen-bond acceptors (Lipinski definition) is 4. The fraction of sp³-hybridized carbons (Fsp3) is 0.429. The first-order chi connectivity index (χ1) is 9.49. The number of amides is 2. The number of methoxy groups -OCH3 is 2. The highest BCUT2D eigenvalue weighted by molar-refractivity contribution is 6.01. The van der Waals surface area contributed by atoms with E-state index in [0.717, 1.165) is 0 Å². The lowest BCUT2D eigenvalue weighted by Crippen LogP contribution is -2.39. The largest absolute Gasteiger partial charge is 0.496 e. The number of carbonyl (C=O) groups is 2. The minimum atomic E-state index is -0.418. The van der Waals surface area contributed by atoms with Crippen molar-refractivity contribution in [1.29, 1.82) is 0 Å². The van der Waals surface area contributed by atoms with Gasteiger partial charge in [0.15, 0.2) is 0 Å². The van der Waals surface area contributed by atoms with E-state index in [0.29, 0.717) is 11.5 Å². The maximum Gasteiger partial charge on any atom is 0.259 e. The molecular formula is C14H20N2O4. The first-order valence-corrected chi connectivity index (χ1v) is 6.28. The zero-order valence-electron chi connectivity index (χ0n) is 12.1. The van der Waals surface area contributed by atoms with Crippen molar-refractivity contribution >= 4 is 11.8 Å². The fourth-order valence-electron chi connectivity index (χ4n) is 1.70. The van der Waals surface area contributed by atoms with Crippen LogP contribution in [-0.4, -0.2) is 38.6 Å². The minimum absolute atomic E-state index is 0.0280. The topological polar surface area (TPSA) is 76.7 Å². The molecule has 0 unspecified atom stereocenters. The Balaban J connectivity index is 2.79. The highest BCUT2D eigenvalue weighted by atomic mass is 16.5. The Morgan fingerprint density at radius 3 is 2.15 bits per heavy atom. The first kappa shape index (κ1) is 15.8. The minimum Gasteiger partial charge on any atom is -0.496 e. The number of benzene rings is 1. The molecule has 0 heterocycles. The van der Waals surface area contributed by atoms with E-state index in [9.17, 15) is 9.59 Å². The summed E-state index contributed by atoms with van der Waals surface area (Å²) in [7, 11) is 2.94. The Hall–Kier alpha value is -2.24. The summed E-state index contributed by atoms with van der Waals surface area (Å²) in [6, 6.07) is 5.07. The van der Waals surface area contributed by atoms with Crippen LogP contribution in [0, 0.1) is 0 Å². The van der Waals surface area contributed by atoms with Crippen molar-refractivity contribution in [2.24, 2.45) is 0 Å². The van der Waals surface area contributed by atoms with Crippen molar-refractivity contribution < 1.29 is 19.1 Å². The van der Waals surface area contributed by atoms with E-state index in [2.05, 4.69) is 10.6 Å². The van der Waals surface area contributed by atoms with Crippen molar-refractivity contribution in [2.75, 3.05) is 20.8 Å². The molecule has 110 valence electrons. The second kappa shape index (κ2) is 7.37. The molecule has 1 aromatic carbocycles. The van der Waals surface area contributed by atoms with Crippen LogP contribution in [0.5, 0.6) is 11.5 Å². The van der Waals surface area contributed by atoms with Crippen LogP contribution < -0.4 is 20.1 Å². The van der Waals surface area contributed by atoms with Gasteiger partial charge in [-0.1, -0.05) is 6.07 Å². The molecule has 2 N–H and O–H groups in total. The fourth-order valence-corrected chi connectivity index (χ4v) is 1.70. The highest BCUT2D eigenvalue weighted by Gasteiger charge is 2.18. The van der Waals surface area contributed by atoms with Crippen LogP contribution in [0.2, 0.25) is 0 Å². The molecule has 0 spiro atoms. The van der Waals surface area contributed by atoms with Gasteiger partial charge in [0.2, 0.25) is 5.91 Å². The van der Waals surface area contributed by atoms with Crippen molar-refractivity contribution in [3.05, 3.63) is 23.8 Å². The molecule has 0 radical (unpaired) electrons. The molecule has 0 atom stereocenters. The molecule has 0 aliphatic carbocycles. The third-order valence-electron chi connectivity index (χ3n) is 2.51. The molecule has 6 nitrogen and oxygen atoms in total. The standard InChI is InChI=1S/C14H20N2O4/c1-9(2)16-12(17)8-15-14(18)13-10(19-3)6-5-7-11(13)20-4/h5-7,9H,8H2,1-4H3,(H,15,18)(H,16,17). The Morgan fingerprint density at radius 2 is 1.70 bits per heavy atom. The maximum absolute atomic E-state index is 12.1. The van der Waals surface area contributed by atoms with Gasteiger partial charge >= 0.3 is 0 Å². The third kappa shape index (κ3) is 4.15. The molecule has 0 fully saturated rings. The summed E-state index contributed by atoms with van der Waals surface area (Å²) in [5.41, 5.74) is 0.273. The Morgan fingerprint density at radius 1 is 1.15 bits per heavy atom. The SMILES string of the molecule is COc1cccc(OC)c1C(=O)NCC(=O)NC(C)C. The molecule has 20 heavy (non-hydrogen) atoms. The molecule has 2 amide bonds. The number of carbonyl (C=O) groups excluding carboxylic acids is 2. The van der Waals surface area contributed by atoms with Gasteiger partial charge in [-0.25, -0.2) is 0 Å². The van der Waals surface area contributed by atoms with E-state index >= 15 is 0 Å². The lowest BCUT2D eigenvalue weighted by molar-refractivity contribution is -0.120. The van der Waals surface area contributed by atoms with Crippen LogP contribution >= 0.6 is 0 Å². The van der Waals surface area contributed by atoms with E-state index in [1.54, 1.807) is 18.2 Å². The monoisotopic (exact) mass is 280 g/mol. The molecule has 0 aliphatic heterocycles. The number of nitrogens with one attached hydrogen (secondary N) is 2. The van der Waals surface area contributed by atoms with E-state index in [1.807, 2.05) is 13.8 Å². The Bertz CT molecular complexity index is 464. The van der Waals surface area contributed by atoms with Gasteiger partial charge < -0.3 is 20.1 Å². The van der Waals surface area contributed by atoms with Crippen LogP contribution in [0.1, 0.15) is 24.2 Å². The van der Waals surface area contributed by atoms with Gasteiger partial charge in [-0.15, -0.1) is 0 Å². The summed E-state index contributed by atoms with van der Waals surface area (Å²) in [6.07, 6.45) is 0. The number of ether oxygens (including phenoxy) is 2. The van der Waals surface area contributed by atoms with Crippen LogP contribution in [0.25, 0.3) is 0 Å². The lowest BCUT2D eigenvalue weighted by Gasteiger charge is -2.13. The van der Waals surface area contributed by atoms with Crippen molar-refractivity contribution in [3.8, 4) is 11.5 Å². The first-order valence-electron chi connectivity index (χ1n) is 6.28. The second-order valence-electron chi connectivity index (χ2n) is 4.44. The molecule has 0 bridgehead atoms. The zero-order chi connectivity index (χ0) is 15.1. The van der Waals surface area contributed by atoms with Crippen molar-refractivity contribution in [1.82, 2.24) is 10.6 Å². The predicted octanol–water partition coefficient (Wildman–Crippen LogP) is 0.958. The van der Waals surface area contributed by atoms with Crippen LogP contribution in [0.3, 0.4) is 0 Å². The average Bonchev–Trinajstić information content (AvgIpc) is 2.42.